The first-order chi connectivity index (χ1) is 10.8. The van der Waals surface area contributed by atoms with Crippen LogP contribution in [0, 0.1) is 0 Å². The highest BCUT2D eigenvalue weighted by atomic mass is 16.5. The van der Waals surface area contributed by atoms with Crippen molar-refractivity contribution < 1.29 is 4.74 Å². The smallest absolute Gasteiger partial charge is 0.0593 e. The Bertz CT molecular complexity index is 196. The number of hydrogen-bond acceptors (Lipinski definition) is 2. The molecule has 0 aromatic carbocycles. The number of ether oxygens (including phenoxy) is 1. The third-order valence-electron chi connectivity index (χ3n) is 4.36. The molecular weight excluding hydrogens is 270 g/mol. The fraction of sp³-hybridized carbons (Fsp3) is 1.00. The van der Waals surface area contributed by atoms with E-state index < -0.39 is 0 Å². The van der Waals surface area contributed by atoms with Crippen molar-refractivity contribution in [1.82, 2.24) is 4.90 Å². The first-order valence-corrected chi connectivity index (χ1v) is 10.1. The van der Waals surface area contributed by atoms with E-state index in [0.29, 0.717) is 0 Å². The summed E-state index contributed by atoms with van der Waals surface area (Å²) in [5.41, 5.74) is 0. The van der Waals surface area contributed by atoms with Gasteiger partial charge in [-0.15, -0.1) is 0 Å². The fourth-order valence-corrected chi connectivity index (χ4v) is 2.86. The summed E-state index contributed by atoms with van der Waals surface area (Å²) in [6.45, 7) is 8.62. The van der Waals surface area contributed by atoms with Gasteiger partial charge in [0.15, 0.2) is 0 Å². The Morgan fingerprint density at radius 2 is 1.05 bits per heavy atom. The van der Waals surface area contributed by atoms with Gasteiger partial charge in [-0.2, -0.15) is 0 Å². The second kappa shape index (κ2) is 19.0. The standard InChI is InChI=1S/C20H43NO/c1-4-6-7-8-9-10-11-12-13-14-15-16-19-22-20-18-21(3)17-5-2/h4-20H2,1-3H3. The van der Waals surface area contributed by atoms with E-state index in [9.17, 15) is 0 Å². The third kappa shape index (κ3) is 18.0. The normalized spacial score (nSPS) is 11.5. The van der Waals surface area contributed by atoms with Crippen LogP contribution in [0.3, 0.4) is 0 Å². The highest BCUT2D eigenvalue weighted by molar-refractivity contribution is 4.50. The van der Waals surface area contributed by atoms with Crippen molar-refractivity contribution in [2.45, 2.75) is 97.3 Å². The molecular formula is C20H43NO. The van der Waals surface area contributed by atoms with Gasteiger partial charge in [-0.3, -0.25) is 0 Å². The van der Waals surface area contributed by atoms with Crippen LogP contribution >= 0.6 is 0 Å². The second-order valence-electron chi connectivity index (χ2n) is 6.80. The average Bonchev–Trinajstić information content (AvgIpc) is 2.51. The molecule has 22 heavy (non-hydrogen) atoms. The Hall–Kier alpha value is -0.0800. The maximum absolute atomic E-state index is 5.70. The number of likely N-dealkylation sites (N-methyl/N-ethyl adjacent to an activating group) is 1. The largest absolute Gasteiger partial charge is 0.380 e. The lowest BCUT2D eigenvalue weighted by atomic mass is 10.1. The van der Waals surface area contributed by atoms with Crippen LogP contribution in [0.25, 0.3) is 0 Å². The zero-order valence-electron chi connectivity index (χ0n) is 15.9. The molecule has 0 aliphatic heterocycles. The molecule has 0 aromatic rings. The van der Waals surface area contributed by atoms with Crippen molar-refractivity contribution >= 4 is 0 Å². The van der Waals surface area contributed by atoms with Crippen molar-refractivity contribution in [1.29, 1.82) is 0 Å². The molecule has 0 saturated carbocycles. The van der Waals surface area contributed by atoms with E-state index in [0.717, 1.165) is 19.8 Å². The topological polar surface area (TPSA) is 12.5 Å². The second-order valence-corrected chi connectivity index (χ2v) is 6.80. The molecule has 0 aliphatic carbocycles. The van der Waals surface area contributed by atoms with Gasteiger partial charge in [-0.25, -0.2) is 0 Å². The van der Waals surface area contributed by atoms with Gasteiger partial charge in [0.1, 0.15) is 0 Å². The van der Waals surface area contributed by atoms with Crippen molar-refractivity contribution in [2.24, 2.45) is 0 Å². The van der Waals surface area contributed by atoms with Gasteiger partial charge < -0.3 is 9.64 Å². The average molecular weight is 314 g/mol. The van der Waals surface area contributed by atoms with Crippen LogP contribution in [0.2, 0.25) is 0 Å². The predicted octanol–water partition coefficient (Wildman–Crippen LogP) is 6.05. The monoisotopic (exact) mass is 313 g/mol. The Balaban J connectivity index is 3.00. The quantitative estimate of drug-likeness (QED) is 0.286. The lowest BCUT2D eigenvalue weighted by molar-refractivity contribution is 0.108. The highest BCUT2D eigenvalue weighted by Gasteiger charge is 1.96. The lowest BCUT2D eigenvalue weighted by Gasteiger charge is -2.15. The molecule has 0 aromatic heterocycles. The van der Waals surface area contributed by atoms with Crippen LogP contribution in [0.15, 0.2) is 0 Å². The van der Waals surface area contributed by atoms with Crippen LogP contribution in [0.4, 0.5) is 0 Å². The maximum Gasteiger partial charge on any atom is 0.0593 e. The molecule has 0 atom stereocenters. The third-order valence-corrected chi connectivity index (χ3v) is 4.36. The number of unbranched alkanes of at least 4 members (excludes halogenated alkanes) is 11. The van der Waals surface area contributed by atoms with E-state index in [4.69, 9.17) is 4.74 Å². The SMILES string of the molecule is CCCCCCCCCCCCCCOCCN(C)CCC. The molecule has 0 fully saturated rings. The van der Waals surface area contributed by atoms with Crippen molar-refractivity contribution in [3.05, 3.63) is 0 Å². The van der Waals surface area contributed by atoms with Gasteiger partial charge in [0.25, 0.3) is 0 Å². The van der Waals surface area contributed by atoms with E-state index in [2.05, 4.69) is 25.8 Å². The molecule has 0 heterocycles. The minimum Gasteiger partial charge on any atom is -0.380 e. The van der Waals surface area contributed by atoms with Crippen LogP contribution in [-0.2, 0) is 4.74 Å². The van der Waals surface area contributed by atoms with E-state index in [1.54, 1.807) is 0 Å². The van der Waals surface area contributed by atoms with E-state index in [1.807, 2.05) is 0 Å². The van der Waals surface area contributed by atoms with E-state index in [1.165, 1.54) is 90.0 Å². The molecule has 0 N–H and O–H groups in total. The summed E-state index contributed by atoms with van der Waals surface area (Å²) in [7, 11) is 2.18. The first-order valence-electron chi connectivity index (χ1n) is 10.1. The molecule has 0 radical (unpaired) electrons. The zero-order chi connectivity index (χ0) is 16.3. The molecule has 0 unspecified atom stereocenters. The Morgan fingerprint density at radius 3 is 1.55 bits per heavy atom. The van der Waals surface area contributed by atoms with Gasteiger partial charge in [0.2, 0.25) is 0 Å². The highest BCUT2D eigenvalue weighted by Crippen LogP contribution is 2.11. The molecule has 0 spiro atoms. The maximum atomic E-state index is 5.70. The minimum atomic E-state index is 0.897. The van der Waals surface area contributed by atoms with Crippen molar-refractivity contribution in [2.75, 3.05) is 33.4 Å². The zero-order valence-corrected chi connectivity index (χ0v) is 15.9. The Kier molecular flexibility index (Phi) is 18.9. The molecule has 134 valence electrons. The van der Waals surface area contributed by atoms with Gasteiger partial charge in [-0.05, 0) is 26.4 Å². The molecule has 0 saturated heterocycles. The van der Waals surface area contributed by atoms with Gasteiger partial charge >= 0.3 is 0 Å². The molecule has 2 nitrogen and oxygen atoms in total. The van der Waals surface area contributed by atoms with Crippen molar-refractivity contribution in [3.8, 4) is 0 Å². The lowest BCUT2D eigenvalue weighted by Crippen LogP contribution is -2.24. The van der Waals surface area contributed by atoms with Crippen LogP contribution in [0.5, 0.6) is 0 Å². The van der Waals surface area contributed by atoms with Gasteiger partial charge in [0.05, 0.1) is 6.61 Å². The molecule has 0 amide bonds. The summed E-state index contributed by atoms with van der Waals surface area (Å²) in [5, 5.41) is 0. The Morgan fingerprint density at radius 1 is 0.545 bits per heavy atom. The van der Waals surface area contributed by atoms with Crippen LogP contribution in [0.1, 0.15) is 97.3 Å². The first kappa shape index (κ1) is 21.9. The van der Waals surface area contributed by atoms with Crippen molar-refractivity contribution in [3.63, 3.8) is 0 Å². The summed E-state index contributed by atoms with van der Waals surface area (Å²) in [5.74, 6) is 0. The summed E-state index contributed by atoms with van der Waals surface area (Å²) in [4.78, 5) is 2.35. The number of rotatable bonds is 18. The van der Waals surface area contributed by atoms with E-state index in [-0.39, 0.29) is 0 Å². The summed E-state index contributed by atoms with van der Waals surface area (Å²) >= 11 is 0. The molecule has 0 rings (SSSR count). The fourth-order valence-electron chi connectivity index (χ4n) is 2.86. The Labute approximate surface area is 141 Å². The van der Waals surface area contributed by atoms with Gasteiger partial charge in [-0.1, -0.05) is 84.5 Å². The summed E-state index contributed by atoms with van der Waals surface area (Å²) in [6.07, 6.45) is 18.1. The molecule has 0 bridgehead atoms. The number of nitrogens with zero attached hydrogens (tertiary/aromatic N) is 1. The van der Waals surface area contributed by atoms with Crippen LogP contribution in [-0.4, -0.2) is 38.3 Å². The summed E-state index contributed by atoms with van der Waals surface area (Å²) < 4.78 is 5.70. The number of hydrogen-bond donors (Lipinski definition) is 0. The minimum absolute atomic E-state index is 0.897. The van der Waals surface area contributed by atoms with Gasteiger partial charge in [0, 0.05) is 13.2 Å². The summed E-state index contributed by atoms with van der Waals surface area (Å²) in [6, 6.07) is 0. The van der Waals surface area contributed by atoms with E-state index >= 15 is 0 Å². The molecule has 0 aliphatic rings. The molecule has 2 heteroatoms. The van der Waals surface area contributed by atoms with Crippen LogP contribution < -0.4 is 0 Å². The predicted molar refractivity (Wildman–Crippen MR) is 99.7 cm³/mol.